The Morgan fingerprint density at radius 3 is 2.44 bits per heavy atom. The molecule has 4 rings (SSSR count). The number of aryl methyl sites for hydroxylation is 1. The molecule has 0 unspecified atom stereocenters. The standard InChI is InChI=1S/C30H37N3O6/c1-3-10-24(26(34)29-32-23-15-7-8-16-25(23)39-29)31-28(35)22(14-9-13-21-11-5-4-6-12-21)27(37-2)30(36)33-17-19-38-20-18-33/h4-8,11-12,15-16,22,24,27H,3,9-10,13-14,17-20H2,1-2H3,(H,31,35)/t22-,24-,27+/m0/s1. The number of ether oxygens (including phenoxy) is 2. The van der Waals surface area contributed by atoms with Crippen molar-refractivity contribution >= 4 is 28.7 Å². The summed E-state index contributed by atoms with van der Waals surface area (Å²) in [5.41, 5.74) is 2.24. The molecule has 1 saturated heterocycles. The van der Waals surface area contributed by atoms with Crippen LogP contribution in [0.4, 0.5) is 0 Å². The van der Waals surface area contributed by atoms with Gasteiger partial charge in [0.15, 0.2) is 5.58 Å². The van der Waals surface area contributed by atoms with Gasteiger partial charge >= 0.3 is 0 Å². The van der Waals surface area contributed by atoms with Crippen molar-refractivity contribution in [2.45, 2.75) is 51.2 Å². The van der Waals surface area contributed by atoms with Crippen LogP contribution in [-0.4, -0.2) is 73.0 Å². The van der Waals surface area contributed by atoms with Gasteiger partial charge in [-0.1, -0.05) is 55.8 Å². The molecule has 9 nitrogen and oxygen atoms in total. The first-order chi connectivity index (χ1) is 19.0. The van der Waals surface area contributed by atoms with Gasteiger partial charge < -0.3 is 24.1 Å². The number of methoxy groups -OCH3 is 1. The van der Waals surface area contributed by atoms with E-state index in [2.05, 4.69) is 10.3 Å². The number of morpholine rings is 1. The minimum atomic E-state index is -0.972. The average Bonchev–Trinajstić information content (AvgIpc) is 3.41. The number of amides is 2. The SMILES string of the molecule is CCC[C@H](NC(=O)[C@@H](CCCc1ccccc1)[C@@H](OC)C(=O)N1CCOCC1)C(=O)c1nc2ccccc2o1. The number of hydrogen-bond acceptors (Lipinski definition) is 7. The highest BCUT2D eigenvalue weighted by molar-refractivity contribution is 6.00. The third-order valence-corrected chi connectivity index (χ3v) is 7.06. The quantitative estimate of drug-likeness (QED) is 0.331. The number of para-hydroxylation sites is 2. The van der Waals surface area contributed by atoms with E-state index in [1.54, 1.807) is 17.0 Å². The van der Waals surface area contributed by atoms with Crippen LogP contribution in [0.15, 0.2) is 59.0 Å². The van der Waals surface area contributed by atoms with Crippen LogP contribution in [0.3, 0.4) is 0 Å². The largest absolute Gasteiger partial charge is 0.434 e. The monoisotopic (exact) mass is 535 g/mol. The van der Waals surface area contributed by atoms with Crippen molar-refractivity contribution in [3.05, 3.63) is 66.1 Å². The molecule has 2 aromatic carbocycles. The molecule has 3 atom stereocenters. The second-order valence-corrected chi connectivity index (χ2v) is 9.78. The van der Waals surface area contributed by atoms with Gasteiger partial charge in [-0.05, 0) is 43.4 Å². The number of benzene rings is 2. The second-order valence-electron chi connectivity index (χ2n) is 9.78. The van der Waals surface area contributed by atoms with Crippen LogP contribution < -0.4 is 5.32 Å². The Kier molecular flexibility index (Phi) is 10.2. The summed E-state index contributed by atoms with van der Waals surface area (Å²) in [4.78, 5) is 46.6. The molecule has 3 aromatic rings. The number of carbonyl (C=O) groups excluding carboxylic acids is 3. The summed E-state index contributed by atoms with van der Waals surface area (Å²) in [6.45, 7) is 3.74. The van der Waals surface area contributed by atoms with Gasteiger partial charge in [0.1, 0.15) is 11.6 Å². The van der Waals surface area contributed by atoms with Gasteiger partial charge in [0, 0.05) is 20.2 Å². The summed E-state index contributed by atoms with van der Waals surface area (Å²) in [5, 5.41) is 2.92. The van der Waals surface area contributed by atoms with Crippen LogP contribution in [0.25, 0.3) is 11.1 Å². The Balaban J connectivity index is 1.53. The van der Waals surface area contributed by atoms with Crippen molar-refractivity contribution in [1.29, 1.82) is 0 Å². The number of aromatic nitrogens is 1. The molecule has 0 aliphatic carbocycles. The highest BCUT2D eigenvalue weighted by Gasteiger charge is 2.38. The lowest BCUT2D eigenvalue weighted by Crippen LogP contribution is -2.53. The lowest BCUT2D eigenvalue weighted by atomic mass is 9.91. The van der Waals surface area contributed by atoms with Gasteiger partial charge in [0.05, 0.1) is 25.2 Å². The first-order valence-electron chi connectivity index (χ1n) is 13.6. The molecule has 9 heteroatoms. The predicted molar refractivity (Wildman–Crippen MR) is 146 cm³/mol. The normalized spacial score (nSPS) is 16.0. The summed E-state index contributed by atoms with van der Waals surface area (Å²) in [6.07, 6.45) is 1.96. The first-order valence-corrected chi connectivity index (χ1v) is 13.6. The number of hydrogen-bond donors (Lipinski definition) is 1. The molecule has 0 radical (unpaired) electrons. The maximum atomic E-state index is 13.8. The maximum Gasteiger partial charge on any atom is 0.266 e. The summed E-state index contributed by atoms with van der Waals surface area (Å²) in [7, 11) is 1.45. The molecule has 2 amide bonds. The molecule has 39 heavy (non-hydrogen) atoms. The third-order valence-electron chi connectivity index (χ3n) is 7.06. The van der Waals surface area contributed by atoms with E-state index in [9.17, 15) is 14.4 Å². The van der Waals surface area contributed by atoms with Crippen LogP contribution >= 0.6 is 0 Å². The van der Waals surface area contributed by atoms with Crippen LogP contribution in [-0.2, 0) is 25.5 Å². The Bertz CT molecular complexity index is 1200. The van der Waals surface area contributed by atoms with Gasteiger partial charge in [0.25, 0.3) is 11.8 Å². The molecule has 0 spiro atoms. The van der Waals surface area contributed by atoms with E-state index in [1.807, 2.05) is 49.4 Å². The topological polar surface area (TPSA) is 111 Å². The number of ketones is 1. The van der Waals surface area contributed by atoms with Crippen LogP contribution in [0, 0.1) is 5.92 Å². The Morgan fingerprint density at radius 1 is 1.03 bits per heavy atom. The van der Waals surface area contributed by atoms with Crippen molar-refractivity contribution in [1.82, 2.24) is 15.2 Å². The molecule has 1 fully saturated rings. The van der Waals surface area contributed by atoms with Gasteiger partial charge in [-0.15, -0.1) is 0 Å². The van der Waals surface area contributed by atoms with E-state index >= 15 is 0 Å². The number of fused-ring (bicyclic) bond motifs is 1. The zero-order chi connectivity index (χ0) is 27.6. The summed E-state index contributed by atoms with van der Waals surface area (Å²) >= 11 is 0. The van der Waals surface area contributed by atoms with Crippen molar-refractivity contribution in [2.75, 3.05) is 33.4 Å². The lowest BCUT2D eigenvalue weighted by Gasteiger charge is -2.33. The maximum absolute atomic E-state index is 13.8. The molecule has 1 aliphatic heterocycles. The smallest absolute Gasteiger partial charge is 0.266 e. The van der Waals surface area contributed by atoms with Crippen LogP contribution in [0.2, 0.25) is 0 Å². The number of oxazole rings is 1. The number of Topliss-reactive ketones (excluding diaryl/α,β-unsaturated/α-hetero) is 1. The molecule has 0 bridgehead atoms. The van der Waals surface area contributed by atoms with E-state index < -0.39 is 23.8 Å². The Labute approximate surface area is 228 Å². The third kappa shape index (κ3) is 7.30. The summed E-state index contributed by atoms with van der Waals surface area (Å²) in [5.74, 6) is -1.83. The minimum absolute atomic E-state index is 0.0386. The zero-order valence-corrected chi connectivity index (χ0v) is 22.6. The van der Waals surface area contributed by atoms with E-state index in [-0.39, 0.29) is 17.7 Å². The highest BCUT2D eigenvalue weighted by Crippen LogP contribution is 2.22. The molecule has 1 aromatic heterocycles. The van der Waals surface area contributed by atoms with Crippen molar-refractivity contribution < 1.29 is 28.3 Å². The van der Waals surface area contributed by atoms with Crippen LogP contribution in [0.5, 0.6) is 0 Å². The van der Waals surface area contributed by atoms with Gasteiger partial charge in [0.2, 0.25) is 11.7 Å². The Morgan fingerprint density at radius 2 is 1.74 bits per heavy atom. The van der Waals surface area contributed by atoms with E-state index in [0.29, 0.717) is 63.1 Å². The second kappa shape index (κ2) is 14.0. The molecular weight excluding hydrogens is 498 g/mol. The Hall–Kier alpha value is -3.56. The van der Waals surface area contributed by atoms with Crippen molar-refractivity contribution in [3.63, 3.8) is 0 Å². The van der Waals surface area contributed by atoms with Crippen molar-refractivity contribution in [3.8, 4) is 0 Å². The number of nitrogens with zero attached hydrogens (tertiary/aromatic N) is 2. The highest BCUT2D eigenvalue weighted by atomic mass is 16.5. The fraction of sp³-hybridized carbons (Fsp3) is 0.467. The summed E-state index contributed by atoms with van der Waals surface area (Å²) < 4.78 is 16.7. The van der Waals surface area contributed by atoms with E-state index in [0.717, 1.165) is 12.0 Å². The van der Waals surface area contributed by atoms with E-state index in [4.69, 9.17) is 13.9 Å². The fourth-order valence-electron chi connectivity index (χ4n) is 4.95. The average molecular weight is 536 g/mol. The lowest BCUT2D eigenvalue weighted by molar-refractivity contribution is -0.154. The van der Waals surface area contributed by atoms with E-state index in [1.165, 1.54) is 7.11 Å². The zero-order valence-electron chi connectivity index (χ0n) is 22.6. The minimum Gasteiger partial charge on any atom is -0.434 e. The molecular formula is C30H37N3O6. The van der Waals surface area contributed by atoms with Gasteiger partial charge in [-0.2, -0.15) is 0 Å². The van der Waals surface area contributed by atoms with Crippen LogP contribution in [0.1, 0.15) is 48.9 Å². The molecule has 1 N–H and O–H groups in total. The molecule has 0 saturated carbocycles. The molecule has 2 heterocycles. The fourth-order valence-corrected chi connectivity index (χ4v) is 4.95. The van der Waals surface area contributed by atoms with Crippen molar-refractivity contribution in [2.24, 2.45) is 5.92 Å². The van der Waals surface area contributed by atoms with Gasteiger partial charge in [-0.3, -0.25) is 14.4 Å². The number of carbonyl (C=O) groups is 3. The first kappa shape index (κ1) is 28.4. The predicted octanol–water partition coefficient (Wildman–Crippen LogP) is 3.81. The molecule has 208 valence electrons. The van der Waals surface area contributed by atoms with Gasteiger partial charge in [-0.25, -0.2) is 4.98 Å². The summed E-state index contributed by atoms with van der Waals surface area (Å²) in [6, 6.07) is 16.3. The number of rotatable bonds is 13. The molecule has 1 aliphatic rings. The number of nitrogens with one attached hydrogen (secondary N) is 1.